The molecule has 0 aromatic carbocycles. The molecule has 0 aliphatic carbocycles. The number of aliphatic hydroxyl groups excluding tert-OH is 1. The predicted molar refractivity (Wildman–Crippen MR) is 83.8 cm³/mol. The van der Waals surface area contributed by atoms with Crippen LogP contribution in [0.3, 0.4) is 0 Å². The van der Waals surface area contributed by atoms with Crippen molar-refractivity contribution in [3.8, 4) is 0 Å². The van der Waals surface area contributed by atoms with E-state index in [0.717, 1.165) is 6.54 Å². The second kappa shape index (κ2) is 8.47. The van der Waals surface area contributed by atoms with E-state index in [1.54, 1.807) is 0 Å². The van der Waals surface area contributed by atoms with E-state index in [9.17, 15) is 4.79 Å². The monoisotopic (exact) mass is 287 g/mol. The van der Waals surface area contributed by atoms with Gasteiger partial charge in [-0.15, -0.1) is 0 Å². The zero-order chi connectivity index (χ0) is 15.9. The normalized spacial score (nSPS) is 15.3. The maximum atomic E-state index is 12.1. The number of amides is 2. The van der Waals surface area contributed by atoms with E-state index in [4.69, 9.17) is 5.11 Å². The number of carbonyl (C=O) groups excluding carboxylic acids is 1. The van der Waals surface area contributed by atoms with Gasteiger partial charge in [-0.3, -0.25) is 0 Å². The fourth-order valence-electron chi connectivity index (χ4n) is 2.27. The van der Waals surface area contributed by atoms with E-state index in [-0.39, 0.29) is 30.1 Å². The molecular weight excluding hydrogens is 254 g/mol. The van der Waals surface area contributed by atoms with Crippen molar-refractivity contribution in [2.75, 3.05) is 27.2 Å². The van der Waals surface area contributed by atoms with Crippen LogP contribution in [0.5, 0.6) is 0 Å². The maximum Gasteiger partial charge on any atom is 0.315 e. The molecule has 0 radical (unpaired) electrons. The molecule has 0 bridgehead atoms. The maximum absolute atomic E-state index is 12.1. The molecule has 0 aliphatic heterocycles. The molecule has 120 valence electrons. The van der Waals surface area contributed by atoms with Gasteiger partial charge in [-0.05, 0) is 38.8 Å². The second-order valence-corrected chi connectivity index (χ2v) is 6.93. The summed E-state index contributed by atoms with van der Waals surface area (Å²) >= 11 is 0. The molecule has 0 aromatic heterocycles. The van der Waals surface area contributed by atoms with Crippen molar-refractivity contribution in [3.05, 3.63) is 0 Å². The van der Waals surface area contributed by atoms with E-state index in [0.29, 0.717) is 12.3 Å². The number of hydrogen-bond donors (Lipinski definition) is 3. The number of urea groups is 1. The summed E-state index contributed by atoms with van der Waals surface area (Å²) in [6.07, 6.45) is 0.584. The lowest BCUT2D eigenvalue weighted by atomic mass is 9.85. The largest absolute Gasteiger partial charge is 0.396 e. The van der Waals surface area contributed by atoms with Crippen molar-refractivity contribution in [2.45, 2.75) is 53.1 Å². The molecule has 0 aromatic rings. The SMILES string of the molecule is CC(C)C(CCO)NC(=O)NC(C)C(C)(C)CN(C)C. The van der Waals surface area contributed by atoms with Crippen molar-refractivity contribution in [1.29, 1.82) is 0 Å². The minimum absolute atomic E-state index is 0.00385. The third-order valence-electron chi connectivity index (χ3n) is 3.80. The first-order valence-corrected chi connectivity index (χ1v) is 7.42. The fraction of sp³-hybridized carbons (Fsp3) is 0.933. The third-order valence-corrected chi connectivity index (χ3v) is 3.80. The number of carbonyl (C=O) groups is 1. The average molecular weight is 287 g/mol. The molecule has 0 aliphatic rings. The summed E-state index contributed by atoms with van der Waals surface area (Å²) in [5.74, 6) is 0.304. The van der Waals surface area contributed by atoms with Gasteiger partial charge in [0.15, 0.2) is 0 Å². The summed E-state index contributed by atoms with van der Waals surface area (Å²) < 4.78 is 0. The summed E-state index contributed by atoms with van der Waals surface area (Å²) in [5.41, 5.74) is -0.00878. The van der Waals surface area contributed by atoms with Crippen LogP contribution in [-0.4, -0.2) is 55.4 Å². The van der Waals surface area contributed by atoms with Gasteiger partial charge in [0.05, 0.1) is 0 Å². The average Bonchev–Trinajstić information content (AvgIpc) is 2.26. The minimum atomic E-state index is -0.156. The molecule has 0 heterocycles. The quantitative estimate of drug-likeness (QED) is 0.636. The van der Waals surface area contributed by atoms with Crippen LogP contribution in [0.1, 0.15) is 41.0 Å². The molecule has 0 fully saturated rings. The van der Waals surface area contributed by atoms with Crippen LogP contribution in [0.25, 0.3) is 0 Å². The number of nitrogens with zero attached hydrogens (tertiary/aromatic N) is 1. The first-order chi connectivity index (χ1) is 9.10. The van der Waals surface area contributed by atoms with Crippen LogP contribution in [-0.2, 0) is 0 Å². The number of hydrogen-bond acceptors (Lipinski definition) is 3. The predicted octanol–water partition coefficient (Wildman–Crippen LogP) is 1.67. The lowest BCUT2D eigenvalue weighted by Gasteiger charge is -2.35. The molecule has 5 nitrogen and oxygen atoms in total. The van der Waals surface area contributed by atoms with Gasteiger partial charge in [-0.1, -0.05) is 27.7 Å². The molecule has 3 N–H and O–H groups in total. The number of aliphatic hydroxyl groups is 1. The summed E-state index contributed by atoms with van der Waals surface area (Å²) in [7, 11) is 4.06. The van der Waals surface area contributed by atoms with Gasteiger partial charge in [-0.25, -0.2) is 4.79 Å². The molecule has 2 amide bonds. The highest BCUT2D eigenvalue weighted by molar-refractivity contribution is 5.74. The topological polar surface area (TPSA) is 64.6 Å². The van der Waals surface area contributed by atoms with Crippen molar-refractivity contribution in [2.24, 2.45) is 11.3 Å². The van der Waals surface area contributed by atoms with Crippen LogP contribution in [0.4, 0.5) is 4.79 Å². The summed E-state index contributed by atoms with van der Waals surface area (Å²) in [5, 5.41) is 15.0. The molecule has 0 spiro atoms. The molecule has 0 rings (SSSR count). The van der Waals surface area contributed by atoms with Crippen LogP contribution in [0.2, 0.25) is 0 Å². The van der Waals surface area contributed by atoms with Gasteiger partial charge in [0.2, 0.25) is 0 Å². The standard InChI is InChI=1S/C15H33N3O2/c1-11(2)13(8-9-19)17-14(20)16-12(3)15(4,5)10-18(6)7/h11-13,19H,8-10H2,1-7H3,(H2,16,17,20). The van der Waals surface area contributed by atoms with E-state index < -0.39 is 0 Å². The Bertz CT molecular complexity index is 291. The van der Waals surface area contributed by atoms with Gasteiger partial charge in [0.25, 0.3) is 0 Å². The van der Waals surface area contributed by atoms with Crippen LogP contribution in [0, 0.1) is 11.3 Å². The Kier molecular flexibility index (Phi) is 8.13. The zero-order valence-electron chi connectivity index (χ0n) is 14.2. The molecular formula is C15H33N3O2. The Hall–Kier alpha value is -0.810. The van der Waals surface area contributed by atoms with Crippen molar-refractivity contribution >= 4 is 6.03 Å². The third kappa shape index (κ3) is 7.10. The van der Waals surface area contributed by atoms with Crippen molar-refractivity contribution in [1.82, 2.24) is 15.5 Å². The Morgan fingerprint density at radius 1 is 1.20 bits per heavy atom. The van der Waals surface area contributed by atoms with Crippen LogP contribution >= 0.6 is 0 Å². The highest BCUT2D eigenvalue weighted by atomic mass is 16.3. The van der Waals surface area contributed by atoms with Crippen molar-refractivity contribution in [3.63, 3.8) is 0 Å². The minimum Gasteiger partial charge on any atom is -0.396 e. The molecule has 0 saturated carbocycles. The molecule has 20 heavy (non-hydrogen) atoms. The van der Waals surface area contributed by atoms with Gasteiger partial charge < -0.3 is 20.6 Å². The summed E-state index contributed by atoms with van der Waals surface area (Å²) in [4.78, 5) is 14.2. The highest BCUT2D eigenvalue weighted by Crippen LogP contribution is 2.21. The Morgan fingerprint density at radius 2 is 1.75 bits per heavy atom. The van der Waals surface area contributed by atoms with Gasteiger partial charge in [-0.2, -0.15) is 0 Å². The molecule has 2 atom stereocenters. The lowest BCUT2D eigenvalue weighted by molar-refractivity contribution is 0.175. The molecule has 2 unspecified atom stereocenters. The smallest absolute Gasteiger partial charge is 0.315 e. The van der Waals surface area contributed by atoms with Crippen molar-refractivity contribution < 1.29 is 9.90 Å². The first kappa shape index (κ1) is 19.2. The fourth-order valence-corrected chi connectivity index (χ4v) is 2.27. The van der Waals surface area contributed by atoms with Gasteiger partial charge in [0, 0.05) is 25.2 Å². The van der Waals surface area contributed by atoms with E-state index in [2.05, 4.69) is 29.4 Å². The zero-order valence-corrected chi connectivity index (χ0v) is 14.2. The highest BCUT2D eigenvalue weighted by Gasteiger charge is 2.28. The Balaban J connectivity index is 4.44. The van der Waals surface area contributed by atoms with E-state index in [1.165, 1.54) is 0 Å². The van der Waals surface area contributed by atoms with Crippen LogP contribution < -0.4 is 10.6 Å². The number of nitrogens with one attached hydrogen (secondary N) is 2. The number of rotatable bonds is 8. The van der Waals surface area contributed by atoms with Gasteiger partial charge >= 0.3 is 6.03 Å². The lowest BCUT2D eigenvalue weighted by Crippen LogP contribution is -2.53. The van der Waals surface area contributed by atoms with Crippen LogP contribution in [0.15, 0.2) is 0 Å². The Morgan fingerprint density at radius 3 is 2.15 bits per heavy atom. The first-order valence-electron chi connectivity index (χ1n) is 7.42. The van der Waals surface area contributed by atoms with E-state index in [1.807, 2.05) is 34.9 Å². The van der Waals surface area contributed by atoms with E-state index >= 15 is 0 Å². The summed E-state index contributed by atoms with van der Waals surface area (Å²) in [6.45, 7) is 11.4. The molecule has 0 saturated heterocycles. The summed E-state index contributed by atoms with van der Waals surface area (Å²) in [6, 6.07) is -0.0903. The van der Waals surface area contributed by atoms with Gasteiger partial charge in [0.1, 0.15) is 0 Å². The second-order valence-electron chi connectivity index (χ2n) is 6.93. The Labute approximate surface area is 124 Å². The molecule has 5 heteroatoms.